The van der Waals surface area contributed by atoms with E-state index in [9.17, 15) is 13.6 Å². The van der Waals surface area contributed by atoms with Crippen molar-refractivity contribution in [2.24, 2.45) is 0 Å². The molecule has 0 aliphatic heterocycles. The number of likely N-dealkylation sites (N-methyl/N-ethyl adjacent to an activating group) is 1. The fraction of sp³-hybridized carbons (Fsp3) is 0.269. The van der Waals surface area contributed by atoms with Gasteiger partial charge < -0.3 is 10.2 Å². The van der Waals surface area contributed by atoms with Gasteiger partial charge in [-0.3, -0.25) is 4.79 Å². The van der Waals surface area contributed by atoms with Crippen molar-refractivity contribution in [2.75, 3.05) is 19.4 Å². The van der Waals surface area contributed by atoms with Crippen molar-refractivity contribution >= 4 is 11.6 Å². The zero-order valence-corrected chi connectivity index (χ0v) is 18.1. The topological polar surface area (TPSA) is 32.3 Å². The lowest BCUT2D eigenvalue weighted by atomic mass is 9.74. The summed E-state index contributed by atoms with van der Waals surface area (Å²) >= 11 is 0. The second kappa shape index (κ2) is 9.73. The average molecular weight is 423 g/mol. The Morgan fingerprint density at radius 3 is 1.90 bits per heavy atom. The first-order chi connectivity index (χ1) is 14.8. The van der Waals surface area contributed by atoms with Crippen LogP contribution in [0.4, 0.5) is 14.5 Å². The second-order valence-corrected chi connectivity index (χ2v) is 8.03. The first-order valence-corrected chi connectivity index (χ1v) is 10.3. The summed E-state index contributed by atoms with van der Waals surface area (Å²) in [6.07, 6.45) is -2.90. The highest BCUT2D eigenvalue weighted by Gasteiger charge is 2.50. The highest BCUT2D eigenvalue weighted by Crippen LogP contribution is 2.39. The van der Waals surface area contributed by atoms with Crippen molar-refractivity contribution in [1.29, 1.82) is 0 Å². The molecule has 3 aromatic carbocycles. The van der Waals surface area contributed by atoms with E-state index in [1.54, 1.807) is 24.3 Å². The molecular formula is C26H28F2N2O. The van der Waals surface area contributed by atoms with E-state index in [1.165, 1.54) is 19.0 Å². The molecule has 31 heavy (non-hydrogen) atoms. The molecule has 0 fully saturated rings. The molecule has 5 heteroatoms. The van der Waals surface area contributed by atoms with Crippen molar-refractivity contribution in [3.8, 4) is 11.1 Å². The summed E-state index contributed by atoms with van der Waals surface area (Å²) in [6, 6.07) is 25.7. The van der Waals surface area contributed by atoms with Crippen molar-refractivity contribution in [3.05, 3.63) is 90.5 Å². The van der Waals surface area contributed by atoms with E-state index in [4.69, 9.17) is 0 Å². The number of alkyl halides is 2. The molecule has 0 heterocycles. The van der Waals surface area contributed by atoms with Crippen LogP contribution in [0.5, 0.6) is 0 Å². The molecule has 3 aromatic rings. The van der Waals surface area contributed by atoms with E-state index in [2.05, 4.69) is 5.32 Å². The number of rotatable bonds is 8. The van der Waals surface area contributed by atoms with Gasteiger partial charge in [0.15, 0.2) is 0 Å². The Hall–Kier alpha value is -3.21. The predicted molar refractivity (Wildman–Crippen MR) is 122 cm³/mol. The molecule has 0 aliphatic rings. The summed E-state index contributed by atoms with van der Waals surface area (Å²) in [4.78, 5) is 14.4. The molecule has 162 valence electrons. The van der Waals surface area contributed by atoms with E-state index < -0.39 is 17.7 Å². The average Bonchev–Trinajstić information content (AvgIpc) is 2.78. The number of anilines is 1. The van der Waals surface area contributed by atoms with Crippen LogP contribution < -0.4 is 5.32 Å². The number of halogens is 2. The Balaban J connectivity index is 1.98. The smallest absolute Gasteiger partial charge is 0.257 e. The number of amides is 1. The molecule has 3 nitrogen and oxygen atoms in total. The number of benzene rings is 3. The summed E-state index contributed by atoms with van der Waals surface area (Å²) in [5, 5.41) is 3.25. The Labute approximate surface area is 182 Å². The van der Waals surface area contributed by atoms with Gasteiger partial charge in [0.05, 0.1) is 0 Å². The minimum Gasteiger partial charge on any atom is -0.383 e. The SMILES string of the molecule is CC(CC(C(=O)N(C)C)(c1ccc(-c2ccccc2)cc1)C(F)F)Nc1ccccc1. The maximum absolute atomic E-state index is 14.7. The lowest BCUT2D eigenvalue weighted by Gasteiger charge is -2.37. The highest BCUT2D eigenvalue weighted by atomic mass is 19.3. The third-order valence-electron chi connectivity index (χ3n) is 5.48. The molecule has 1 amide bonds. The largest absolute Gasteiger partial charge is 0.383 e. The quantitative estimate of drug-likeness (QED) is 0.495. The number of hydrogen-bond donors (Lipinski definition) is 1. The standard InChI is InChI=1S/C26H28F2N2O/c1-19(29-23-12-8-5-9-13-23)18-26(24(27)28,25(31)30(2)3)22-16-14-21(15-17-22)20-10-6-4-7-11-20/h4-17,19,24,29H,18H2,1-3H3. The van der Waals surface area contributed by atoms with E-state index in [0.29, 0.717) is 5.56 Å². The van der Waals surface area contributed by atoms with Gasteiger partial charge in [-0.2, -0.15) is 0 Å². The van der Waals surface area contributed by atoms with Gasteiger partial charge in [0, 0.05) is 25.8 Å². The molecule has 2 atom stereocenters. The number of nitrogens with one attached hydrogen (secondary N) is 1. The summed E-state index contributed by atoms with van der Waals surface area (Å²) in [7, 11) is 3.04. The van der Waals surface area contributed by atoms with Crippen LogP contribution >= 0.6 is 0 Å². The van der Waals surface area contributed by atoms with Gasteiger partial charge in [-0.25, -0.2) is 8.78 Å². The monoisotopic (exact) mass is 422 g/mol. The maximum atomic E-state index is 14.7. The number of carbonyl (C=O) groups is 1. The zero-order chi connectivity index (χ0) is 22.4. The molecule has 2 unspecified atom stereocenters. The van der Waals surface area contributed by atoms with Gasteiger partial charge in [0.1, 0.15) is 5.41 Å². The molecule has 0 saturated heterocycles. The number of carbonyl (C=O) groups excluding carboxylic acids is 1. The normalized spacial score (nSPS) is 14.0. The van der Waals surface area contributed by atoms with Crippen LogP contribution in [0.3, 0.4) is 0 Å². The molecule has 0 aliphatic carbocycles. The minimum absolute atomic E-state index is 0.0404. The summed E-state index contributed by atoms with van der Waals surface area (Å²) in [6.45, 7) is 1.82. The van der Waals surface area contributed by atoms with Crippen LogP contribution in [0.15, 0.2) is 84.9 Å². The van der Waals surface area contributed by atoms with Crippen molar-refractivity contribution in [2.45, 2.75) is 31.2 Å². The van der Waals surface area contributed by atoms with Gasteiger partial charge in [-0.1, -0.05) is 72.8 Å². The Morgan fingerprint density at radius 2 is 1.39 bits per heavy atom. The summed E-state index contributed by atoms with van der Waals surface area (Å²) in [5.74, 6) is -0.600. The molecule has 0 radical (unpaired) electrons. The number of para-hydroxylation sites is 1. The van der Waals surface area contributed by atoms with Crippen LogP contribution in [-0.4, -0.2) is 37.4 Å². The summed E-state index contributed by atoms with van der Waals surface area (Å²) in [5.41, 5.74) is 1.12. The Kier molecular flexibility index (Phi) is 7.06. The lowest BCUT2D eigenvalue weighted by molar-refractivity contribution is -0.142. The molecule has 0 spiro atoms. The fourth-order valence-electron chi connectivity index (χ4n) is 3.98. The minimum atomic E-state index is -2.86. The predicted octanol–water partition coefficient (Wildman–Crippen LogP) is 5.84. The van der Waals surface area contributed by atoms with Crippen molar-refractivity contribution in [3.63, 3.8) is 0 Å². The van der Waals surface area contributed by atoms with Crippen LogP contribution in [0.1, 0.15) is 18.9 Å². The van der Waals surface area contributed by atoms with Gasteiger partial charge in [-0.15, -0.1) is 0 Å². The molecule has 0 saturated carbocycles. The number of hydrogen-bond acceptors (Lipinski definition) is 2. The molecular weight excluding hydrogens is 394 g/mol. The first-order valence-electron chi connectivity index (χ1n) is 10.3. The third-order valence-corrected chi connectivity index (χ3v) is 5.48. The first kappa shape index (κ1) is 22.5. The zero-order valence-electron chi connectivity index (χ0n) is 18.1. The molecule has 0 bridgehead atoms. The molecule has 1 N–H and O–H groups in total. The lowest BCUT2D eigenvalue weighted by Crippen LogP contribution is -2.51. The van der Waals surface area contributed by atoms with Crippen LogP contribution in [-0.2, 0) is 10.2 Å². The van der Waals surface area contributed by atoms with E-state index in [1.807, 2.05) is 67.6 Å². The Morgan fingerprint density at radius 1 is 0.871 bits per heavy atom. The van der Waals surface area contributed by atoms with Crippen LogP contribution in [0.25, 0.3) is 11.1 Å². The molecule has 0 aromatic heterocycles. The van der Waals surface area contributed by atoms with Gasteiger partial charge in [-0.05, 0) is 42.2 Å². The number of nitrogens with zero attached hydrogens (tertiary/aromatic N) is 1. The fourth-order valence-corrected chi connectivity index (χ4v) is 3.98. The van der Waals surface area contributed by atoms with Crippen molar-refractivity contribution < 1.29 is 13.6 Å². The van der Waals surface area contributed by atoms with Gasteiger partial charge in [0.25, 0.3) is 6.43 Å². The second-order valence-electron chi connectivity index (χ2n) is 8.03. The maximum Gasteiger partial charge on any atom is 0.257 e. The highest BCUT2D eigenvalue weighted by molar-refractivity contribution is 5.89. The van der Waals surface area contributed by atoms with Gasteiger partial charge in [0.2, 0.25) is 5.91 Å². The summed E-state index contributed by atoms with van der Waals surface area (Å²) < 4.78 is 29.4. The van der Waals surface area contributed by atoms with E-state index >= 15 is 0 Å². The molecule has 3 rings (SSSR count). The third kappa shape index (κ3) is 4.93. The van der Waals surface area contributed by atoms with Gasteiger partial charge >= 0.3 is 0 Å². The van der Waals surface area contributed by atoms with Crippen molar-refractivity contribution in [1.82, 2.24) is 4.90 Å². The Bertz CT molecular complexity index is 975. The van der Waals surface area contributed by atoms with E-state index in [0.717, 1.165) is 16.8 Å². The van der Waals surface area contributed by atoms with Crippen LogP contribution in [0, 0.1) is 0 Å². The van der Waals surface area contributed by atoms with E-state index in [-0.39, 0.29) is 12.5 Å². The van der Waals surface area contributed by atoms with Crippen LogP contribution in [0.2, 0.25) is 0 Å².